The van der Waals surface area contributed by atoms with Crippen LogP contribution in [0.5, 0.6) is 0 Å². The van der Waals surface area contributed by atoms with Gasteiger partial charge in [-0.2, -0.15) is 0 Å². The molecule has 0 saturated carbocycles. The van der Waals surface area contributed by atoms with Crippen molar-refractivity contribution in [1.29, 1.82) is 0 Å². The highest BCUT2D eigenvalue weighted by Gasteiger charge is 2.06. The molecule has 0 aromatic carbocycles. The van der Waals surface area contributed by atoms with Crippen molar-refractivity contribution in [3.05, 3.63) is 24.3 Å². The highest BCUT2D eigenvalue weighted by atomic mass is 17.2. The smallest absolute Gasteiger partial charge is 0.368 e. The van der Waals surface area contributed by atoms with Crippen LogP contribution in [-0.2, 0) is 24.1 Å². The molecule has 0 aromatic heterocycles. The third kappa shape index (κ3) is 5.10. The minimum Gasteiger partial charge on any atom is -0.431 e. The van der Waals surface area contributed by atoms with Gasteiger partial charge in [0.05, 0.1) is 0 Å². The molecule has 0 aliphatic heterocycles. The Morgan fingerprint density at radius 3 is 2.00 bits per heavy atom. The Labute approximate surface area is 81.9 Å². The number of carbonyl (C=O) groups is 2. The molecule has 0 amide bonds. The molecule has 0 aromatic rings. The van der Waals surface area contributed by atoms with E-state index in [0.29, 0.717) is 0 Å². The first-order valence-corrected chi connectivity index (χ1v) is 3.77. The van der Waals surface area contributed by atoms with Crippen molar-refractivity contribution in [3.8, 4) is 0 Å². The molecule has 0 spiro atoms. The predicted octanol–water partition coefficient (Wildman–Crippen LogP) is 1.11. The SMILES string of the molecule is C=C(C)C(=O)OCOOC(=O)C(=C)C. The van der Waals surface area contributed by atoms with Crippen LogP contribution in [0.4, 0.5) is 0 Å². The van der Waals surface area contributed by atoms with Crippen molar-refractivity contribution < 1.29 is 24.1 Å². The number of ether oxygens (including phenoxy) is 1. The van der Waals surface area contributed by atoms with Crippen LogP contribution < -0.4 is 0 Å². The van der Waals surface area contributed by atoms with Crippen LogP contribution in [0.3, 0.4) is 0 Å². The van der Waals surface area contributed by atoms with E-state index in [9.17, 15) is 9.59 Å². The molecule has 14 heavy (non-hydrogen) atoms. The molecular weight excluding hydrogens is 188 g/mol. The van der Waals surface area contributed by atoms with Gasteiger partial charge in [0.15, 0.2) is 0 Å². The van der Waals surface area contributed by atoms with Gasteiger partial charge in [-0.3, -0.25) is 4.89 Å². The Morgan fingerprint density at radius 2 is 1.57 bits per heavy atom. The van der Waals surface area contributed by atoms with Crippen LogP contribution in [0.2, 0.25) is 0 Å². The Kier molecular flexibility index (Phi) is 5.24. The van der Waals surface area contributed by atoms with Gasteiger partial charge in [-0.1, -0.05) is 13.2 Å². The van der Waals surface area contributed by atoms with Crippen molar-refractivity contribution in [3.63, 3.8) is 0 Å². The highest BCUT2D eigenvalue weighted by Crippen LogP contribution is 1.95. The summed E-state index contributed by atoms with van der Waals surface area (Å²) in [5.41, 5.74) is 0.427. The normalized spacial score (nSPS) is 9.00. The molecule has 0 N–H and O–H groups in total. The van der Waals surface area contributed by atoms with Gasteiger partial charge < -0.3 is 4.74 Å². The fourth-order valence-electron chi connectivity index (χ4n) is 0.349. The number of hydrogen-bond acceptors (Lipinski definition) is 5. The molecular formula is C9H12O5. The second-order valence-electron chi connectivity index (χ2n) is 2.60. The van der Waals surface area contributed by atoms with Crippen molar-refractivity contribution in [2.75, 3.05) is 6.79 Å². The van der Waals surface area contributed by atoms with E-state index in [0.717, 1.165) is 0 Å². The number of esters is 1. The number of rotatable bonds is 5. The zero-order valence-corrected chi connectivity index (χ0v) is 8.16. The Morgan fingerprint density at radius 1 is 1.07 bits per heavy atom. The lowest BCUT2D eigenvalue weighted by molar-refractivity contribution is -0.301. The van der Waals surface area contributed by atoms with E-state index < -0.39 is 18.7 Å². The van der Waals surface area contributed by atoms with Crippen molar-refractivity contribution in [2.45, 2.75) is 13.8 Å². The van der Waals surface area contributed by atoms with Crippen LogP contribution in [0.15, 0.2) is 24.3 Å². The minimum absolute atomic E-state index is 0.191. The fourth-order valence-corrected chi connectivity index (χ4v) is 0.349. The average molecular weight is 200 g/mol. The largest absolute Gasteiger partial charge is 0.431 e. The lowest BCUT2D eigenvalue weighted by Gasteiger charge is -2.04. The Hall–Kier alpha value is -1.62. The lowest BCUT2D eigenvalue weighted by atomic mass is 10.4. The van der Waals surface area contributed by atoms with E-state index >= 15 is 0 Å². The van der Waals surface area contributed by atoms with Gasteiger partial charge in [0.1, 0.15) is 0 Å². The van der Waals surface area contributed by atoms with Crippen LogP contribution in [-0.4, -0.2) is 18.7 Å². The summed E-state index contributed by atoms with van der Waals surface area (Å²) in [6, 6.07) is 0. The third-order valence-corrected chi connectivity index (χ3v) is 1.07. The van der Waals surface area contributed by atoms with Crippen molar-refractivity contribution in [1.82, 2.24) is 0 Å². The summed E-state index contributed by atoms with van der Waals surface area (Å²) in [6.07, 6.45) is 0. The lowest BCUT2D eigenvalue weighted by Crippen LogP contribution is -2.12. The maximum absolute atomic E-state index is 10.8. The second kappa shape index (κ2) is 5.93. The number of hydrogen-bond donors (Lipinski definition) is 0. The molecule has 0 radical (unpaired) electrons. The van der Waals surface area contributed by atoms with Crippen LogP contribution in [0, 0.1) is 0 Å². The molecule has 0 fully saturated rings. The zero-order valence-electron chi connectivity index (χ0n) is 8.16. The van der Waals surface area contributed by atoms with Crippen LogP contribution in [0.25, 0.3) is 0 Å². The Balaban J connectivity index is 3.57. The topological polar surface area (TPSA) is 61.8 Å². The maximum Gasteiger partial charge on any atom is 0.368 e. The van der Waals surface area contributed by atoms with Gasteiger partial charge in [-0.15, -0.1) is 4.89 Å². The molecule has 0 bridgehead atoms. The summed E-state index contributed by atoms with van der Waals surface area (Å²) >= 11 is 0. The Bertz CT molecular complexity index is 238. The quantitative estimate of drug-likeness (QED) is 0.166. The maximum atomic E-state index is 10.8. The first kappa shape index (κ1) is 12.4. The summed E-state index contributed by atoms with van der Waals surface area (Å²) in [5, 5.41) is 0. The minimum atomic E-state index is -0.712. The van der Waals surface area contributed by atoms with E-state index in [2.05, 4.69) is 27.7 Å². The molecule has 5 nitrogen and oxygen atoms in total. The van der Waals surface area contributed by atoms with E-state index in [1.165, 1.54) is 13.8 Å². The monoisotopic (exact) mass is 200 g/mol. The molecule has 0 atom stereocenters. The summed E-state index contributed by atoms with van der Waals surface area (Å²) in [6.45, 7) is 9.15. The van der Waals surface area contributed by atoms with E-state index in [4.69, 9.17) is 0 Å². The molecule has 5 heteroatoms. The molecule has 0 aliphatic carbocycles. The fraction of sp³-hybridized carbons (Fsp3) is 0.333. The van der Waals surface area contributed by atoms with Crippen molar-refractivity contribution >= 4 is 11.9 Å². The molecule has 78 valence electrons. The summed E-state index contributed by atoms with van der Waals surface area (Å²) in [5.74, 6) is -1.33. The molecule has 0 heterocycles. The molecule has 0 unspecified atom stereocenters. The summed E-state index contributed by atoms with van der Waals surface area (Å²) < 4.78 is 4.47. The zero-order chi connectivity index (χ0) is 11.1. The first-order chi connectivity index (χ1) is 6.45. The second-order valence-corrected chi connectivity index (χ2v) is 2.60. The van der Waals surface area contributed by atoms with E-state index in [1.807, 2.05) is 0 Å². The van der Waals surface area contributed by atoms with Crippen LogP contribution in [0.1, 0.15) is 13.8 Å². The summed E-state index contributed by atoms with van der Waals surface area (Å²) in [7, 11) is 0. The van der Waals surface area contributed by atoms with Gasteiger partial charge in [-0.25, -0.2) is 9.59 Å². The molecule has 0 rings (SSSR count). The van der Waals surface area contributed by atoms with Crippen LogP contribution >= 0.6 is 0 Å². The van der Waals surface area contributed by atoms with Gasteiger partial charge in [-0.05, 0) is 13.8 Å². The molecule has 0 saturated heterocycles. The average Bonchev–Trinajstić information content (AvgIpc) is 2.11. The van der Waals surface area contributed by atoms with Crippen molar-refractivity contribution in [2.24, 2.45) is 0 Å². The van der Waals surface area contributed by atoms with E-state index in [1.54, 1.807) is 0 Å². The van der Waals surface area contributed by atoms with E-state index in [-0.39, 0.29) is 11.1 Å². The van der Waals surface area contributed by atoms with Gasteiger partial charge in [0, 0.05) is 11.1 Å². The summed E-state index contributed by atoms with van der Waals surface area (Å²) in [4.78, 5) is 29.9. The predicted molar refractivity (Wildman–Crippen MR) is 47.8 cm³/mol. The van der Waals surface area contributed by atoms with Gasteiger partial charge in [0.2, 0.25) is 6.79 Å². The number of carbonyl (C=O) groups excluding carboxylic acids is 2. The first-order valence-electron chi connectivity index (χ1n) is 3.77. The van der Waals surface area contributed by atoms with Gasteiger partial charge in [0.25, 0.3) is 0 Å². The standard InChI is InChI=1S/C9H12O5/c1-6(2)8(10)12-5-13-14-9(11)7(3)4/h1,3,5H2,2,4H3. The van der Waals surface area contributed by atoms with Gasteiger partial charge >= 0.3 is 11.9 Å². The molecule has 0 aliphatic rings. The third-order valence-electron chi connectivity index (χ3n) is 1.07. The highest BCUT2D eigenvalue weighted by molar-refractivity contribution is 5.87.